The SMILES string of the molecule is O=C(O)Oc1cn(-c2ccc(F)c(F)c2F)c2cc(Cl)c(F)cc2c1=O. The molecule has 1 aromatic heterocycles. The summed E-state index contributed by atoms with van der Waals surface area (Å²) in [6.45, 7) is 0. The minimum Gasteiger partial charge on any atom is -0.449 e. The fourth-order valence-electron chi connectivity index (χ4n) is 2.36. The van der Waals surface area contributed by atoms with E-state index in [1.165, 1.54) is 0 Å². The van der Waals surface area contributed by atoms with Gasteiger partial charge in [0, 0.05) is 0 Å². The van der Waals surface area contributed by atoms with Gasteiger partial charge in [-0.05, 0) is 24.3 Å². The maximum absolute atomic E-state index is 14.2. The third-order valence-corrected chi connectivity index (χ3v) is 3.77. The minimum atomic E-state index is -1.85. The van der Waals surface area contributed by atoms with E-state index in [2.05, 4.69) is 4.74 Å². The Balaban J connectivity index is 2.46. The van der Waals surface area contributed by atoms with Crippen molar-refractivity contribution in [2.75, 3.05) is 0 Å². The number of carboxylic acid groups (broad SMARTS) is 1. The van der Waals surface area contributed by atoms with E-state index in [1.807, 2.05) is 0 Å². The van der Waals surface area contributed by atoms with Gasteiger partial charge in [-0.15, -0.1) is 0 Å². The molecule has 26 heavy (non-hydrogen) atoms. The van der Waals surface area contributed by atoms with E-state index in [0.717, 1.165) is 22.9 Å². The second-order valence-electron chi connectivity index (χ2n) is 5.04. The molecule has 0 radical (unpaired) electrons. The smallest absolute Gasteiger partial charge is 0.449 e. The minimum absolute atomic E-state index is 0.177. The topological polar surface area (TPSA) is 68.5 Å². The molecule has 0 aliphatic rings. The van der Waals surface area contributed by atoms with Crippen LogP contribution in [0.4, 0.5) is 22.4 Å². The standard InChI is InChI=1S/C16H6ClF4NO4/c17-7-4-11-6(3-9(7)19)15(23)12(26-16(24)25)5-22(11)10-2-1-8(18)13(20)14(10)21/h1-5H,(H,24,25). The zero-order chi connectivity index (χ0) is 19.2. The van der Waals surface area contributed by atoms with Crippen LogP contribution in [0.5, 0.6) is 5.75 Å². The van der Waals surface area contributed by atoms with Crippen molar-refractivity contribution in [2.24, 2.45) is 0 Å². The van der Waals surface area contributed by atoms with Crippen LogP contribution in [0.2, 0.25) is 5.02 Å². The number of hydrogen-bond donors (Lipinski definition) is 1. The van der Waals surface area contributed by atoms with Crippen LogP contribution in [0.3, 0.4) is 0 Å². The molecule has 2 aromatic carbocycles. The molecule has 1 heterocycles. The van der Waals surface area contributed by atoms with E-state index >= 15 is 0 Å². The van der Waals surface area contributed by atoms with Crippen molar-refractivity contribution >= 4 is 28.7 Å². The lowest BCUT2D eigenvalue weighted by Gasteiger charge is -2.14. The average Bonchev–Trinajstić information content (AvgIpc) is 2.57. The van der Waals surface area contributed by atoms with Crippen LogP contribution in [-0.4, -0.2) is 15.8 Å². The Labute approximate surface area is 146 Å². The lowest BCUT2D eigenvalue weighted by Crippen LogP contribution is -2.16. The number of benzene rings is 2. The van der Waals surface area contributed by atoms with Gasteiger partial charge in [-0.3, -0.25) is 4.79 Å². The first kappa shape index (κ1) is 17.7. The largest absolute Gasteiger partial charge is 0.511 e. The molecule has 0 saturated heterocycles. The molecular weight excluding hydrogens is 382 g/mol. The predicted octanol–water partition coefficient (Wildman–Crippen LogP) is 4.26. The number of halogens is 5. The van der Waals surface area contributed by atoms with E-state index in [4.69, 9.17) is 16.7 Å². The van der Waals surface area contributed by atoms with Gasteiger partial charge in [-0.25, -0.2) is 22.4 Å². The monoisotopic (exact) mass is 387 g/mol. The fourth-order valence-corrected chi connectivity index (χ4v) is 2.52. The molecule has 1 N–H and O–H groups in total. The summed E-state index contributed by atoms with van der Waals surface area (Å²) in [5.41, 5.74) is -1.77. The van der Waals surface area contributed by atoms with Crippen molar-refractivity contribution < 1.29 is 32.2 Å². The quantitative estimate of drug-likeness (QED) is 0.405. The van der Waals surface area contributed by atoms with E-state index < -0.39 is 56.7 Å². The first-order valence-corrected chi connectivity index (χ1v) is 7.17. The van der Waals surface area contributed by atoms with Crippen molar-refractivity contribution in [1.82, 2.24) is 4.57 Å². The molecular formula is C16H6ClF4NO4. The molecule has 0 aliphatic heterocycles. The van der Waals surface area contributed by atoms with Gasteiger partial charge in [-0.2, -0.15) is 0 Å². The van der Waals surface area contributed by atoms with Crippen molar-refractivity contribution in [3.63, 3.8) is 0 Å². The number of hydrogen-bond acceptors (Lipinski definition) is 3. The summed E-state index contributed by atoms with van der Waals surface area (Å²) in [6, 6.07) is 3.13. The third kappa shape index (κ3) is 2.86. The lowest BCUT2D eigenvalue weighted by molar-refractivity contribution is 0.144. The number of aromatic nitrogens is 1. The van der Waals surface area contributed by atoms with E-state index in [9.17, 15) is 27.2 Å². The number of pyridine rings is 1. The lowest BCUT2D eigenvalue weighted by atomic mass is 10.1. The molecule has 0 aliphatic carbocycles. The summed E-state index contributed by atoms with van der Waals surface area (Å²) in [5, 5.41) is 7.87. The first-order valence-electron chi connectivity index (χ1n) is 6.79. The molecule has 0 unspecified atom stereocenters. The third-order valence-electron chi connectivity index (χ3n) is 3.48. The summed E-state index contributed by atoms with van der Waals surface area (Å²) >= 11 is 5.68. The van der Waals surface area contributed by atoms with E-state index in [-0.39, 0.29) is 5.52 Å². The van der Waals surface area contributed by atoms with Crippen LogP contribution in [0.15, 0.2) is 35.3 Å². The molecule has 0 bridgehead atoms. The van der Waals surface area contributed by atoms with Gasteiger partial charge in [-0.1, -0.05) is 11.6 Å². The van der Waals surface area contributed by atoms with Crippen molar-refractivity contribution in [3.8, 4) is 11.4 Å². The fraction of sp³-hybridized carbons (Fsp3) is 0. The molecule has 3 rings (SSSR count). The van der Waals surface area contributed by atoms with Crippen LogP contribution in [0.1, 0.15) is 0 Å². The van der Waals surface area contributed by atoms with Crippen LogP contribution in [0, 0.1) is 23.3 Å². The molecule has 0 amide bonds. The zero-order valence-corrected chi connectivity index (χ0v) is 13.2. The summed E-state index contributed by atoms with van der Waals surface area (Å²) in [4.78, 5) is 23.0. The summed E-state index contributed by atoms with van der Waals surface area (Å²) in [6.07, 6.45) is -1.10. The highest BCUT2D eigenvalue weighted by atomic mass is 35.5. The Kier molecular flexibility index (Phi) is 4.33. The molecule has 0 atom stereocenters. The number of ether oxygens (including phenoxy) is 1. The van der Waals surface area contributed by atoms with E-state index in [0.29, 0.717) is 12.1 Å². The van der Waals surface area contributed by atoms with Gasteiger partial charge in [0.15, 0.2) is 23.2 Å². The Morgan fingerprint density at radius 2 is 1.77 bits per heavy atom. The van der Waals surface area contributed by atoms with Crippen molar-refractivity contribution in [2.45, 2.75) is 0 Å². The molecule has 10 heteroatoms. The number of carbonyl (C=O) groups is 1. The Hall–Kier alpha value is -3.07. The molecule has 3 aromatic rings. The summed E-state index contributed by atoms with van der Waals surface area (Å²) < 4.78 is 59.8. The van der Waals surface area contributed by atoms with Crippen molar-refractivity contribution in [3.05, 3.63) is 69.0 Å². The number of rotatable bonds is 2. The second-order valence-corrected chi connectivity index (χ2v) is 5.45. The molecule has 0 saturated carbocycles. The van der Waals surface area contributed by atoms with Gasteiger partial charge in [0.2, 0.25) is 5.43 Å². The maximum atomic E-state index is 14.2. The second kappa shape index (κ2) is 6.34. The van der Waals surface area contributed by atoms with Gasteiger partial charge < -0.3 is 14.4 Å². The highest BCUT2D eigenvalue weighted by Gasteiger charge is 2.20. The summed E-state index contributed by atoms with van der Waals surface area (Å²) in [7, 11) is 0. The zero-order valence-electron chi connectivity index (χ0n) is 12.4. The maximum Gasteiger partial charge on any atom is 0.511 e. The van der Waals surface area contributed by atoms with Gasteiger partial charge in [0.05, 0.1) is 27.8 Å². The molecule has 134 valence electrons. The van der Waals surface area contributed by atoms with E-state index in [1.54, 1.807) is 0 Å². The van der Waals surface area contributed by atoms with Gasteiger partial charge >= 0.3 is 6.16 Å². The molecule has 5 nitrogen and oxygen atoms in total. The first-order chi connectivity index (χ1) is 12.2. The van der Waals surface area contributed by atoms with Crippen LogP contribution in [-0.2, 0) is 0 Å². The molecule has 0 spiro atoms. The Bertz CT molecular complexity index is 1130. The normalized spacial score (nSPS) is 11.0. The van der Waals surface area contributed by atoms with Crippen LogP contribution in [0.25, 0.3) is 16.6 Å². The number of fused-ring (bicyclic) bond motifs is 1. The molecule has 0 fully saturated rings. The van der Waals surface area contributed by atoms with Crippen LogP contribution >= 0.6 is 11.6 Å². The summed E-state index contributed by atoms with van der Waals surface area (Å²) in [5.74, 6) is -6.65. The predicted molar refractivity (Wildman–Crippen MR) is 83.0 cm³/mol. The number of nitrogens with zero attached hydrogens (tertiary/aromatic N) is 1. The average molecular weight is 388 g/mol. The van der Waals surface area contributed by atoms with Crippen molar-refractivity contribution in [1.29, 1.82) is 0 Å². The van der Waals surface area contributed by atoms with Gasteiger partial charge in [0.25, 0.3) is 0 Å². The highest BCUT2D eigenvalue weighted by molar-refractivity contribution is 6.31. The van der Waals surface area contributed by atoms with Crippen LogP contribution < -0.4 is 10.2 Å². The Morgan fingerprint density at radius 3 is 2.42 bits per heavy atom. The highest BCUT2D eigenvalue weighted by Crippen LogP contribution is 2.28. The Morgan fingerprint density at radius 1 is 1.08 bits per heavy atom. The van der Waals surface area contributed by atoms with Gasteiger partial charge in [0.1, 0.15) is 5.82 Å².